The number of rotatable bonds is 1. The van der Waals surface area contributed by atoms with E-state index in [1.807, 2.05) is 62.0 Å². The second kappa shape index (κ2) is 4.69. The van der Waals surface area contributed by atoms with E-state index in [4.69, 9.17) is 0 Å². The smallest absolute Gasteiger partial charge is 0.212 e. The maximum atomic E-state index is 12.4. The van der Waals surface area contributed by atoms with Crippen molar-refractivity contribution in [2.75, 3.05) is 0 Å². The molecule has 0 amide bonds. The van der Waals surface area contributed by atoms with Gasteiger partial charge >= 0.3 is 0 Å². The van der Waals surface area contributed by atoms with E-state index in [1.165, 1.54) is 0 Å². The number of carbonyl (C=O) groups is 1. The lowest BCUT2D eigenvalue weighted by molar-refractivity contribution is -0.645. The zero-order chi connectivity index (χ0) is 15.2. The monoisotopic (exact) mass is 281 g/mol. The van der Waals surface area contributed by atoms with Crippen LogP contribution >= 0.6 is 0 Å². The van der Waals surface area contributed by atoms with Gasteiger partial charge in [0.15, 0.2) is 12.0 Å². The Bertz CT molecular complexity index is 772. The standard InChI is InChI=1S/C18H19NO2/c1-18(2)9-15(20)17(16(21)10-18)13-8-12-6-4-5-7-14(12)19(3)11-13/h4-8,11H,9-10H2,1-3H3. The summed E-state index contributed by atoms with van der Waals surface area (Å²) in [5, 5.41) is 13.4. The lowest BCUT2D eigenvalue weighted by atomic mass is 9.75. The summed E-state index contributed by atoms with van der Waals surface area (Å²) in [6.45, 7) is 3.94. The summed E-state index contributed by atoms with van der Waals surface area (Å²) in [6.07, 6.45) is 2.75. The Morgan fingerprint density at radius 1 is 1.19 bits per heavy atom. The number of aryl methyl sites for hydroxylation is 1. The highest BCUT2D eigenvalue weighted by Gasteiger charge is 2.30. The number of aromatic nitrogens is 1. The second-order valence-corrected chi connectivity index (χ2v) is 6.64. The van der Waals surface area contributed by atoms with Crippen molar-refractivity contribution in [2.24, 2.45) is 12.5 Å². The maximum Gasteiger partial charge on any atom is 0.212 e. The summed E-state index contributed by atoms with van der Waals surface area (Å²) in [7, 11) is 1.94. The first kappa shape index (κ1) is 13.8. The molecule has 0 unspecified atom stereocenters. The fraction of sp³-hybridized carbons (Fsp3) is 0.333. The van der Waals surface area contributed by atoms with Crippen LogP contribution in [0.1, 0.15) is 32.3 Å². The predicted octanol–water partition coefficient (Wildman–Crippen LogP) is 2.12. The molecule has 1 heterocycles. The van der Waals surface area contributed by atoms with Crippen LogP contribution < -0.4 is 9.67 Å². The van der Waals surface area contributed by atoms with E-state index in [1.54, 1.807) is 0 Å². The molecular weight excluding hydrogens is 262 g/mol. The Labute approximate surface area is 124 Å². The molecule has 1 aromatic carbocycles. The number of carbonyl (C=O) groups excluding carboxylic acids is 1. The molecule has 0 fully saturated rings. The van der Waals surface area contributed by atoms with Crippen molar-refractivity contribution in [1.29, 1.82) is 0 Å². The number of fused-ring (bicyclic) bond motifs is 1. The molecule has 3 heteroatoms. The molecule has 1 aliphatic rings. The highest BCUT2D eigenvalue weighted by atomic mass is 16.3. The molecule has 0 N–H and O–H groups in total. The fourth-order valence-corrected chi connectivity index (χ4v) is 3.14. The van der Waals surface area contributed by atoms with Gasteiger partial charge in [-0.15, -0.1) is 5.76 Å². The van der Waals surface area contributed by atoms with E-state index in [0.29, 0.717) is 18.4 Å². The van der Waals surface area contributed by atoms with E-state index in [2.05, 4.69) is 0 Å². The minimum Gasteiger partial charge on any atom is -0.875 e. The van der Waals surface area contributed by atoms with Crippen molar-refractivity contribution in [3.8, 4) is 0 Å². The van der Waals surface area contributed by atoms with Gasteiger partial charge < -0.3 is 5.11 Å². The second-order valence-electron chi connectivity index (χ2n) is 6.64. The number of para-hydroxylation sites is 1. The van der Waals surface area contributed by atoms with Crippen molar-refractivity contribution in [2.45, 2.75) is 26.7 Å². The molecule has 1 aromatic heterocycles. The van der Waals surface area contributed by atoms with Crippen LogP contribution in [0.25, 0.3) is 16.5 Å². The molecule has 0 aliphatic heterocycles. The summed E-state index contributed by atoms with van der Waals surface area (Å²) in [4.78, 5) is 12.4. The van der Waals surface area contributed by atoms with Crippen LogP contribution in [-0.2, 0) is 11.8 Å². The number of benzene rings is 1. The molecule has 0 atom stereocenters. The van der Waals surface area contributed by atoms with E-state index >= 15 is 0 Å². The van der Waals surface area contributed by atoms with Gasteiger partial charge in [-0.05, 0) is 24.0 Å². The number of nitrogens with zero attached hydrogens (tertiary/aromatic N) is 1. The molecule has 0 spiro atoms. The van der Waals surface area contributed by atoms with E-state index < -0.39 is 0 Å². The average molecular weight is 281 g/mol. The van der Waals surface area contributed by atoms with Crippen molar-refractivity contribution in [3.63, 3.8) is 0 Å². The molecule has 0 bridgehead atoms. The van der Waals surface area contributed by atoms with Gasteiger partial charge in [0.05, 0.1) is 0 Å². The van der Waals surface area contributed by atoms with Crippen LogP contribution in [0.5, 0.6) is 0 Å². The molecule has 3 nitrogen and oxygen atoms in total. The van der Waals surface area contributed by atoms with Crippen molar-refractivity contribution < 1.29 is 14.5 Å². The quantitative estimate of drug-likeness (QED) is 0.752. The zero-order valence-corrected chi connectivity index (χ0v) is 12.6. The van der Waals surface area contributed by atoms with Crippen LogP contribution in [0.2, 0.25) is 0 Å². The van der Waals surface area contributed by atoms with Gasteiger partial charge in [0.25, 0.3) is 0 Å². The number of Topliss-reactive ketones (excluding diaryl/α,β-unsaturated/α-hetero) is 1. The first-order chi connectivity index (χ1) is 9.87. The SMILES string of the molecule is C[n+]1cc(C2=C([O-])CC(C)(C)CC2=O)cc2ccccc21. The average Bonchev–Trinajstić information content (AvgIpc) is 2.36. The van der Waals surface area contributed by atoms with Crippen LogP contribution in [-0.4, -0.2) is 5.78 Å². The van der Waals surface area contributed by atoms with Crippen LogP contribution in [0.15, 0.2) is 42.3 Å². The first-order valence-electron chi connectivity index (χ1n) is 7.19. The molecule has 1 aliphatic carbocycles. The third-order valence-electron chi connectivity index (χ3n) is 4.09. The van der Waals surface area contributed by atoms with Crippen LogP contribution in [0.4, 0.5) is 0 Å². The molecule has 3 rings (SSSR count). The minimum absolute atomic E-state index is 0.0356. The Kier molecular flexibility index (Phi) is 3.08. The van der Waals surface area contributed by atoms with Gasteiger partial charge in [0.1, 0.15) is 7.05 Å². The topological polar surface area (TPSA) is 44.0 Å². The van der Waals surface area contributed by atoms with Crippen molar-refractivity contribution >= 4 is 22.3 Å². The Balaban J connectivity index is 2.18. The summed E-state index contributed by atoms with van der Waals surface area (Å²) >= 11 is 0. The van der Waals surface area contributed by atoms with Gasteiger partial charge in [-0.3, -0.25) is 4.79 Å². The third kappa shape index (κ3) is 2.44. The third-order valence-corrected chi connectivity index (χ3v) is 4.09. The maximum absolute atomic E-state index is 12.4. The molecule has 0 saturated carbocycles. The largest absolute Gasteiger partial charge is 0.875 e. The Morgan fingerprint density at radius 2 is 1.90 bits per heavy atom. The molecule has 108 valence electrons. The van der Waals surface area contributed by atoms with Crippen molar-refractivity contribution in [1.82, 2.24) is 0 Å². The number of hydrogen-bond donors (Lipinski definition) is 0. The highest BCUT2D eigenvalue weighted by Crippen LogP contribution is 2.38. The van der Waals surface area contributed by atoms with E-state index in [0.717, 1.165) is 16.5 Å². The Hall–Kier alpha value is -2.16. The van der Waals surface area contributed by atoms with Crippen LogP contribution in [0, 0.1) is 5.41 Å². The van der Waals surface area contributed by atoms with Gasteiger partial charge in [-0.1, -0.05) is 26.0 Å². The fourth-order valence-electron chi connectivity index (χ4n) is 3.14. The van der Waals surface area contributed by atoms with Gasteiger partial charge in [-0.25, -0.2) is 4.57 Å². The first-order valence-corrected chi connectivity index (χ1v) is 7.19. The lowest BCUT2D eigenvalue weighted by Crippen LogP contribution is -2.32. The number of hydrogen-bond acceptors (Lipinski definition) is 2. The summed E-state index contributed by atoms with van der Waals surface area (Å²) in [5.74, 6) is -0.0712. The molecule has 21 heavy (non-hydrogen) atoms. The van der Waals surface area contributed by atoms with Crippen LogP contribution in [0.3, 0.4) is 0 Å². The van der Waals surface area contributed by atoms with E-state index in [9.17, 15) is 9.90 Å². The van der Waals surface area contributed by atoms with Crippen molar-refractivity contribution in [3.05, 3.63) is 47.9 Å². The number of allylic oxidation sites excluding steroid dienone is 2. The normalized spacial score (nSPS) is 18.3. The molecule has 0 radical (unpaired) electrons. The summed E-state index contributed by atoms with van der Waals surface area (Å²) in [5.41, 5.74) is 1.96. The number of ketones is 1. The zero-order valence-electron chi connectivity index (χ0n) is 12.6. The van der Waals surface area contributed by atoms with Gasteiger partial charge in [-0.2, -0.15) is 0 Å². The number of pyridine rings is 1. The Morgan fingerprint density at radius 3 is 2.62 bits per heavy atom. The molecule has 2 aromatic rings. The lowest BCUT2D eigenvalue weighted by Gasteiger charge is -2.34. The summed E-state index contributed by atoms with van der Waals surface area (Å²) < 4.78 is 1.97. The van der Waals surface area contributed by atoms with Gasteiger partial charge in [0.2, 0.25) is 5.52 Å². The molecule has 0 saturated heterocycles. The molecular formula is C18H19NO2. The highest BCUT2D eigenvalue weighted by molar-refractivity contribution is 6.22. The predicted molar refractivity (Wildman–Crippen MR) is 80.1 cm³/mol. The summed E-state index contributed by atoms with van der Waals surface area (Å²) in [6, 6.07) is 9.91. The van der Waals surface area contributed by atoms with E-state index in [-0.39, 0.29) is 17.0 Å². The minimum atomic E-state index is -0.225. The van der Waals surface area contributed by atoms with Gasteiger partial charge in [0, 0.05) is 29.0 Å².